The number of nitrogens with two attached hydrogens (primary N) is 1. The fourth-order valence-corrected chi connectivity index (χ4v) is 1.43. The smallest absolute Gasteiger partial charge is 0.325 e. The van der Waals surface area contributed by atoms with E-state index >= 15 is 0 Å². The Morgan fingerprint density at radius 2 is 2.24 bits per heavy atom. The number of methoxy groups -OCH3 is 1. The third kappa shape index (κ3) is 2.86. The molecule has 1 rings (SSSR count). The lowest BCUT2D eigenvalue weighted by Crippen LogP contribution is -2.54. The van der Waals surface area contributed by atoms with Crippen molar-refractivity contribution in [1.29, 1.82) is 0 Å². The molecule has 0 unspecified atom stereocenters. The first-order valence-electron chi connectivity index (χ1n) is 5.00. The highest BCUT2D eigenvalue weighted by Crippen LogP contribution is 2.27. The van der Waals surface area contributed by atoms with E-state index in [2.05, 4.69) is 5.43 Å². The molecule has 0 saturated heterocycles. The number of ether oxygens (including phenoxy) is 1. The topological polar surface area (TPSA) is 105 Å². The van der Waals surface area contributed by atoms with Gasteiger partial charge in [0.05, 0.1) is 7.11 Å². The Morgan fingerprint density at radius 1 is 1.59 bits per heavy atom. The van der Waals surface area contributed by atoms with Gasteiger partial charge in [0.15, 0.2) is 11.5 Å². The van der Waals surface area contributed by atoms with E-state index in [0.29, 0.717) is 11.3 Å². The van der Waals surface area contributed by atoms with E-state index in [9.17, 15) is 9.90 Å². The fourth-order valence-electron chi connectivity index (χ4n) is 1.43. The number of carboxylic acid groups (broad SMARTS) is 1. The molecule has 0 aliphatic carbocycles. The Kier molecular flexibility index (Phi) is 3.93. The molecule has 0 saturated carbocycles. The molecule has 0 radical (unpaired) electrons. The minimum atomic E-state index is -1.26. The lowest BCUT2D eigenvalue weighted by Gasteiger charge is -2.23. The molecule has 0 aliphatic rings. The molecular weight excluding hydrogens is 224 g/mol. The molecule has 0 heterocycles. The molecular formula is C11H16N2O4. The van der Waals surface area contributed by atoms with E-state index in [0.717, 1.165) is 0 Å². The van der Waals surface area contributed by atoms with E-state index in [4.69, 9.17) is 15.7 Å². The Balaban J connectivity index is 2.98. The number of hydrazine groups is 1. The van der Waals surface area contributed by atoms with Crippen molar-refractivity contribution in [2.75, 3.05) is 7.11 Å². The van der Waals surface area contributed by atoms with Crippen LogP contribution < -0.4 is 16.0 Å². The maximum Gasteiger partial charge on any atom is 0.325 e. The van der Waals surface area contributed by atoms with Crippen molar-refractivity contribution in [2.24, 2.45) is 5.84 Å². The number of benzene rings is 1. The molecule has 1 aromatic rings. The number of aromatic hydroxyl groups is 1. The summed E-state index contributed by atoms with van der Waals surface area (Å²) in [5.41, 5.74) is 1.71. The van der Waals surface area contributed by atoms with Crippen LogP contribution >= 0.6 is 0 Å². The highest BCUT2D eigenvalue weighted by Gasteiger charge is 2.32. The number of rotatable bonds is 5. The molecule has 6 heteroatoms. The van der Waals surface area contributed by atoms with Crippen molar-refractivity contribution in [2.45, 2.75) is 18.9 Å². The molecule has 17 heavy (non-hydrogen) atoms. The average Bonchev–Trinajstić information content (AvgIpc) is 2.31. The number of aliphatic carboxylic acids is 1. The number of nitrogens with one attached hydrogen (secondary N) is 1. The second-order valence-corrected chi connectivity index (χ2v) is 3.96. The molecule has 0 aliphatic heterocycles. The Labute approximate surface area is 99.0 Å². The van der Waals surface area contributed by atoms with E-state index in [-0.39, 0.29) is 12.2 Å². The van der Waals surface area contributed by atoms with Gasteiger partial charge in [0.25, 0.3) is 0 Å². The van der Waals surface area contributed by atoms with Crippen LogP contribution in [-0.4, -0.2) is 28.8 Å². The summed E-state index contributed by atoms with van der Waals surface area (Å²) in [5, 5.41) is 18.5. The first kappa shape index (κ1) is 13.3. The summed E-state index contributed by atoms with van der Waals surface area (Å²) < 4.78 is 4.95. The van der Waals surface area contributed by atoms with Crippen LogP contribution in [-0.2, 0) is 11.2 Å². The van der Waals surface area contributed by atoms with Gasteiger partial charge in [-0.1, -0.05) is 6.07 Å². The van der Waals surface area contributed by atoms with Crippen LogP contribution in [0.4, 0.5) is 0 Å². The van der Waals surface area contributed by atoms with E-state index in [1.807, 2.05) is 0 Å². The van der Waals surface area contributed by atoms with Gasteiger partial charge in [-0.25, -0.2) is 5.43 Å². The highest BCUT2D eigenvalue weighted by atomic mass is 16.5. The minimum Gasteiger partial charge on any atom is -0.504 e. The number of phenolic OH excluding ortho intramolecular Hbond substituents is 1. The standard InChI is InChI=1S/C11H16N2O4/c1-11(13-12,10(15)16)6-7-3-4-8(14)9(5-7)17-2/h3-5,13-14H,6,12H2,1-2H3,(H,15,16)/t11-/m1/s1. The molecule has 0 bridgehead atoms. The maximum absolute atomic E-state index is 11.1. The largest absolute Gasteiger partial charge is 0.504 e. The van der Waals surface area contributed by atoms with Crippen molar-refractivity contribution < 1.29 is 19.7 Å². The molecule has 0 amide bonds. The SMILES string of the molecule is COc1cc(C[C@@](C)(NN)C(=O)O)ccc1O. The second kappa shape index (κ2) is 5.03. The summed E-state index contributed by atoms with van der Waals surface area (Å²) in [5.74, 6) is 4.50. The van der Waals surface area contributed by atoms with Gasteiger partial charge in [0, 0.05) is 6.42 Å². The Bertz CT molecular complexity index is 422. The van der Waals surface area contributed by atoms with Crippen LogP contribution in [0.25, 0.3) is 0 Å². The van der Waals surface area contributed by atoms with Gasteiger partial charge in [-0.15, -0.1) is 0 Å². The molecule has 94 valence electrons. The first-order valence-corrected chi connectivity index (χ1v) is 5.00. The number of hydrogen-bond donors (Lipinski definition) is 4. The third-order valence-corrected chi connectivity index (χ3v) is 2.59. The molecule has 0 aromatic heterocycles. The van der Waals surface area contributed by atoms with Crippen molar-refractivity contribution >= 4 is 5.97 Å². The van der Waals surface area contributed by atoms with Crippen LogP contribution in [0, 0.1) is 0 Å². The summed E-state index contributed by atoms with van der Waals surface area (Å²) in [7, 11) is 1.43. The van der Waals surface area contributed by atoms with Gasteiger partial charge < -0.3 is 14.9 Å². The number of hydrogen-bond acceptors (Lipinski definition) is 5. The molecule has 6 nitrogen and oxygen atoms in total. The van der Waals surface area contributed by atoms with E-state index < -0.39 is 11.5 Å². The van der Waals surface area contributed by atoms with Gasteiger partial charge in [0.1, 0.15) is 5.54 Å². The molecule has 0 fully saturated rings. The Morgan fingerprint density at radius 3 is 2.71 bits per heavy atom. The molecule has 0 spiro atoms. The monoisotopic (exact) mass is 240 g/mol. The van der Waals surface area contributed by atoms with Crippen LogP contribution in [0.5, 0.6) is 11.5 Å². The van der Waals surface area contributed by atoms with Gasteiger partial charge >= 0.3 is 5.97 Å². The van der Waals surface area contributed by atoms with Crippen LogP contribution in [0.1, 0.15) is 12.5 Å². The summed E-state index contributed by atoms with van der Waals surface area (Å²) in [6.07, 6.45) is 0.176. The molecule has 5 N–H and O–H groups in total. The number of carbonyl (C=O) groups is 1. The second-order valence-electron chi connectivity index (χ2n) is 3.96. The van der Waals surface area contributed by atoms with E-state index in [1.165, 1.54) is 20.1 Å². The number of carboxylic acids is 1. The normalized spacial score (nSPS) is 14.1. The zero-order valence-corrected chi connectivity index (χ0v) is 9.73. The molecule has 1 atom stereocenters. The number of phenols is 1. The van der Waals surface area contributed by atoms with Crippen molar-refractivity contribution in [3.05, 3.63) is 23.8 Å². The van der Waals surface area contributed by atoms with Gasteiger partial charge in [0.2, 0.25) is 0 Å². The van der Waals surface area contributed by atoms with Crippen molar-refractivity contribution in [3.8, 4) is 11.5 Å². The summed E-state index contributed by atoms with van der Waals surface area (Å²) in [4.78, 5) is 11.1. The Hall–Kier alpha value is -1.79. The van der Waals surface area contributed by atoms with Gasteiger partial charge in [-0.2, -0.15) is 0 Å². The predicted octanol–water partition coefficient (Wildman–Crippen LogP) is 0.250. The summed E-state index contributed by atoms with van der Waals surface area (Å²) >= 11 is 0. The van der Waals surface area contributed by atoms with Crippen LogP contribution in [0.2, 0.25) is 0 Å². The molecule has 1 aromatic carbocycles. The fraction of sp³-hybridized carbons (Fsp3) is 0.364. The third-order valence-electron chi connectivity index (χ3n) is 2.59. The average molecular weight is 240 g/mol. The van der Waals surface area contributed by atoms with Gasteiger partial charge in [-0.3, -0.25) is 10.6 Å². The van der Waals surface area contributed by atoms with Crippen molar-refractivity contribution in [3.63, 3.8) is 0 Å². The summed E-state index contributed by atoms with van der Waals surface area (Å²) in [6, 6.07) is 4.65. The lowest BCUT2D eigenvalue weighted by atomic mass is 9.93. The zero-order valence-electron chi connectivity index (χ0n) is 9.73. The van der Waals surface area contributed by atoms with Crippen LogP contribution in [0.3, 0.4) is 0 Å². The first-order chi connectivity index (χ1) is 7.92. The quantitative estimate of drug-likeness (QED) is 0.434. The predicted molar refractivity (Wildman–Crippen MR) is 61.7 cm³/mol. The zero-order chi connectivity index (χ0) is 13.1. The highest BCUT2D eigenvalue weighted by molar-refractivity contribution is 5.78. The lowest BCUT2D eigenvalue weighted by molar-refractivity contribution is -0.144. The van der Waals surface area contributed by atoms with Crippen molar-refractivity contribution in [1.82, 2.24) is 5.43 Å². The van der Waals surface area contributed by atoms with Crippen LogP contribution in [0.15, 0.2) is 18.2 Å². The van der Waals surface area contributed by atoms with Gasteiger partial charge in [-0.05, 0) is 24.6 Å². The van der Waals surface area contributed by atoms with E-state index in [1.54, 1.807) is 12.1 Å². The minimum absolute atomic E-state index is 0.00832. The summed E-state index contributed by atoms with van der Waals surface area (Å²) in [6.45, 7) is 1.48. The maximum atomic E-state index is 11.1.